The molecule has 1 N–H and O–H groups in total. The average molecular weight is 246 g/mol. The van der Waals surface area contributed by atoms with Gasteiger partial charge in [0.1, 0.15) is 0 Å². The molecule has 0 aliphatic carbocycles. The minimum atomic E-state index is 0.169. The van der Waals surface area contributed by atoms with E-state index in [1.165, 1.54) is 11.1 Å². The van der Waals surface area contributed by atoms with Crippen LogP contribution >= 0.6 is 0 Å². The number of rotatable bonds is 2. The molecule has 1 aromatic rings. The van der Waals surface area contributed by atoms with E-state index in [2.05, 4.69) is 37.2 Å². The van der Waals surface area contributed by atoms with Crippen LogP contribution < -0.4 is 5.32 Å². The Bertz CT molecular complexity index is 414. The van der Waals surface area contributed by atoms with E-state index in [1.807, 2.05) is 12.1 Å². The zero-order valence-corrected chi connectivity index (χ0v) is 11.5. The molecule has 1 heterocycles. The van der Waals surface area contributed by atoms with Gasteiger partial charge in [-0.25, -0.2) is 0 Å². The minimum absolute atomic E-state index is 0.169. The first-order valence-corrected chi connectivity index (χ1v) is 6.62. The molecule has 0 radical (unpaired) electrons. The summed E-state index contributed by atoms with van der Waals surface area (Å²) in [6, 6.07) is 6.17. The van der Waals surface area contributed by atoms with Gasteiger partial charge in [0.15, 0.2) is 0 Å². The van der Waals surface area contributed by atoms with Crippen LogP contribution in [0.2, 0.25) is 0 Å². The summed E-state index contributed by atoms with van der Waals surface area (Å²) in [7, 11) is 2.11. The first kappa shape index (κ1) is 13.1. The van der Waals surface area contributed by atoms with Crippen LogP contribution in [0.4, 0.5) is 5.69 Å². The maximum Gasteiger partial charge on any atom is 0.227 e. The van der Waals surface area contributed by atoms with Gasteiger partial charge in [-0.1, -0.05) is 6.07 Å². The Morgan fingerprint density at radius 3 is 2.28 bits per heavy atom. The number of hydrogen-bond acceptors (Lipinski definition) is 2. The zero-order chi connectivity index (χ0) is 13.1. The topological polar surface area (TPSA) is 32.3 Å². The fourth-order valence-corrected chi connectivity index (χ4v) is 2.56. The molecule has 1 fully saturated rings. The van der Waals surface area contributed by atoms with Crippen LogP contribution in [0.3, 0.4) is 0 Å². The summed E-state index contributed by atoms with van der Waals surface area (Å²) in [6.07, 6.45) is 1.93. The smallest absolute Gasteiger partial charge is 0.227 e. The van der Waals surface area contributed by atoms with Crippen molar-refractivity contribution in [3.63, 3.8) is 0 Å². The first-order chi connectivity index (χ1) is 8.54. The number of nitrogens with one attached hydrogen (secondary N) is 1. The van der Waals surface area contributed by atoms with Gasteiger partial charge < -0.3 is 10.2 Å². The molecule has 3 nitrogen and oxygen atoms in total. The molecule has 98 valence electrons. The Morgan fingerprint density at radius 1 is 1.17 bits per heavy atom. The molecule has 1 saturated heterocycles. The summed E-state index contributed by atoms with van der Waals surface area (Å²) in [5.74, 6) is 0.343. The second kappa shape index (κ2) is 5.53. The molecule has 0 unspecified atom stereocenters. The van der Waals surface area contributed by atoms with Gasteiger partial charge in [-0.2, -0.15) is 0 Å². The first-order valence-electron chi connectivity index (χ1n) is 6.62. The van der Waals surface area contributed by atoms with Gasteiger partial charge in [0, 0.05) is 11.6 Å². The van der Waals surface area contributed by atoms with Crippen LogP contribution in [0.1, 0.15) is 24.0 Å². The standard InChI is InChI=1S/C15H22N2O/c1-11-8-12(2)10-14(9-11)16-15(18)13-4-6-17(3)7-5-13/h8-10,13H,4-7H2,1-3H3,(H,16,18). The second-order valence-electron chi connectivity index (χ2n) is 5.44. The molecule has 3 heteroatoms. The third-order valence-electron chi connectivity index (χ3n) is 3.58. The highest BCUT2D eigenvalue weighted by atomic mass is 16.1. The number of hydrogen-bond donors (Lipinski definition) is 1. The van der Waals surface area contributed by atoms with Crippen molar-refractivity contribution in [2.45, 2.75) is 26.7 Å². The second-order valence-corrected chi connectivity index (χ2v) is 5.44. The van der Waals surface area contributed by atoms with Crippen molar-refractivity contribution in [2.24, 2.45) is 5.92 Å². The number of nitrogens with zero attached hydrogens (tertiary/aromatic N) is 1. The Kier molecular flexibility index (Phi) is 4.02. The number of aryl methyl sites for hydroxylation is 2. The third kappa shape index (κ3) is 3.33. The van der Waals surface area contributed by atoms with Crippen LogP contribution in [0.5, 0.6) is 0 Å². The molecule has 0 aromatic heterocycles. The number of carbonyl (C=O) groups excluding carboxylic acids is 1. The van der Waals surface area contributed by atoms with E-state index in [-0.39, 0.29) is 11.8 Å². The fourth-order valence-electron chi connectivity index (χ4n) is 2.56. The number of likely N-dealkylation sites (tertiary alicyclic amines) is 1. The van der Waals surface area contributed by atoms with Crippen LogP contribution in [-0.2, 0) is 4.79 Å². The van der Waals surface area contributed by atoms with E-state index in [9.17, 15) is 4.79 Å². The summed E-state index contributed by atoms with van der Waals surface area (Å²) in [5.41, 5.74) is 3.30. The van der Waals surface area contributed by atoms with Crippen molar-refractivity contribution in [1.29, 1.82) is 0 Å². The normalized spacial score (nSPS) is 17.7. The lowest BCUT2D eigenvalue weighted by Gasteiger charge is -2.28. The van der Waals surface area contributed by atoms with Crippen molar-refractivity contribution in [3.05, 3.63) is 29.3 Å². The molecular formula is C15H22N2O. The number of anilines is 1. The zero-order valence-electron chi connectivity index (χ0n) is 11.5. The van der Waals surface area contributed by atoms with Gasteiger partial charge >= 0.3 is 0 Å². The molecule has 1 amide bonds. The highest BCUT2D eigenvalue weighted by Gasteiger charge is 2.23. The van der Waals surface area contributed by atoms with E-state index >= 15 is 0 Å². The molecule has 1 aromatic carbocycles. The predicted molar refractivity (Wildman–Crippen MR) is 74.8 cm³/mol. The molecular weight excluding hydrogens is 224 g/mol. The molecule has 0 bridgehead atoms. The van der Waals surface area contributed by atoms with Crippen molar-refractivity contribution in [3.8, 4) is 0 Å². The lowest BCUT2D eigenvalue weighted by molar-refractivity contribution is -0.121. The Labute approximate surface area is 109 Å². The lowest BCUT2D eigenvalue weighted by Crippen LogP contribution is -2.35. The molecule has 1 aliphatic rings. The minimum Gasteiger partial charge on any atom is -0.326 e. The Morgan fingerprint density at radius 2 is 1.72 bits per heavy atom. The monoisotopic (exact) mass is 246 g/mol. The van der Waals surface area contributed by atoms with Crippen molar-refractivity contribution in [2.75, 3.05) is 25.5 Å². The van der Waals surface area contributed by atoms with E-state index in [0.29, 0.717) is 0 Å². The quantitative estimate of drug-likeness (QED) is 0.870. The van der Waals surface area contributed by atoms with E-state index in [1.54, 1.807) is 0 Å². The Balaban J connectivity index is 1.98. The van der Waals surface area contributed by atoms with Crippen molar-refractivity contribution < 1.29 is 4.79 Å². The van der Waals surface area contributed by atoms with Gasteiger partial charge in [0.2, 0.25) is 5.91 Å². The summed E-state index contributed by atoms with van der Waals surface area (Å²) in [4.78, 5) is 14.4. The van der Waals surface area contributed by atoms with E-state index in [4.69, 9.17) is 0 Å². The maximum atomic E-state index is 12.2. The molecule has 2 rings (SSSR count). The van der Waals surface area contributed by atoms with E-state index in [0.717, 1.165) is 31.6 Å². The number of amides is 1. The summed E-state index contributed by atoms with van der Waals surface area (Å²) >= 11 is 0. The van der Waals surface area contributed by atoms with Gasteiger partial charge in [-0.15, -0.1) is 0 Å². The van der Waals surface area contributed by atoms with Crippen molar-refractivity contribution >= 4 is 11.6 Å². The molecule has 0 spiro atoms. The van der Waals surface area contributed by atoms with Crippen LogP contribution in [0.15, 0.2) is 18.2 Å². The summed E-state index contributed by atoms with van der Waals surface area (Å²) in [5, 5.41) is 3.05. The fraction of sp³-hybridized carbons (Fsp3) is 0.533. The highest BCUT2D eigenvalue weighted by molar-refractivity contribution is 5.92. The van der Waals surface area contributed by atoms with Crippen molar-refractivity contribution in [1.82, 2.24) is 4.90 Å². The van der Waals surface area contributed by atoms with E-state index < -0.39 is 0 Å². The number of carbonyl (C=O) groups is 1. The highest BCUT2D eigenvalue weighted by Crippen LogP contribution is 2.20. The van der Waals surface area contributed by atoms with Gasteiger partial charge in [0.05, 0.1) is 0 Å². The van der Waals surface area contributed by atoms with Crippen LogP contribution in [0, 0.1) is 19.8 Å². The third-order valence-corrected chi connectivity index (χ3v) is 3.58. The van der Waals surface area contributed by atoms with Gasteiger partial charge in [-0.3, -0.25) is 4.79 Å². The largest absolute Gasteiger partial charge is 0.326 e. The summed E-state index contributed by atoms with van der Waals surface area (Å²) in [6.45, 7) is 6.15. The van der Waals surface area contributed by atoms with Crippen LogP contribution in [-0.4, -0.2) is 30.9 Å². The van der Waals surface area contributed by atoms with Gasteiger partial charge in [0.25, 0.3) is 0 Å². The van der Waals surface area contributed by atoms with Crippen LogP contribution in [0.25, 0.3) is 0 Å². The Hall–Kier alpha value is -1.35. The SMILES string of the molecule is Cc1cc(C)cc(NC(=O)C2CCN(C)CC2)c1. The molecule has 0 saturated carbocycles. The lowest BCUT2D eigenvalue weighted by atomic mass is 9.96. The van der Waals surface area contributed by atoms with Gasteiger partial charge in [-0.05, 0) is 70.1 Å². The predicted octanol–water partition coefficient (Wildman–Crippen LogP) is 2.58. The summed E-state index contributed by atoms with van der Waals surface area (Å²) < 4.78 is 0. The number of piperidine rings is 1. The number of benzene rings is 1. The molecule has 1 aliphatic heterocycles. The maximum absolute atomic E-state index is 12.2. The molecule has 18 heavy (non-hydrogen) atoms. The average Bonchev–Trinajstić information content (AvgIpc) is 2.28. The molecule has 0 atom stereocenters.